The van der Waals surface area contributed by atoms with E-state index in [9.17, 15) is 0 Å². The first-order valence-corrected chi connectivity index (χ1v) is 7.19. The van der Waals surface area contributed by atoms with Gasteiger partial charge in [0.15, 0.2) is 6.29 Å². The predicted octanol–water partition coefficient (Wildman–Crippen LogP) is 4.33. The lowest BCUT2D eigenvalue weighted by Gasteiger charge is -2.19. The number of unbranched alkanes of at least 4 members (excludes halogenated alkanes) is 2. The summed E-state index contributed by atoms with van der Waals surface area (Å²) < 4.78 is 16.8. The molecular formula is C16H26O3. The SMILES string of the molecule is CCCCOC(OCCCC)c1ccc(OC)cc1. The minimum Gasteiger partial charge on any atom is -0.497 e. The van der Waals surface area contributed by atoms with Crippen LogP contribution in [0.1, 0.15) is 51.4 Å². The van der Waals surface area contributed by atoms with Crippen LogP contribution in [0.2, 0.25) is 0 Å². The molecule has 0 amide bonds. The van der Waals surface area contributed by atoms with Gasteiger partial charge in [0, 0.05) is 5.56 Å². The quantitative estimate of drug-likeness (QED) is 0.466. The van der Waals surface area contributed by atoms with Gasteiger partial charge < -0.3 is 14.2 Å². The summed E-state index contributed by atoms with van der Waals surface area (Å²) in [6, 6.07) is 7.88. The molecule has 0 N–H and O–H groups in total. The molecule has 0 aliphatic heterocycles. The standard InChI is InChI=1S/C16H26O3/c1-4-6-12-18-16(19-13-7-5-2)14-8-10-15(17-3)11-9-14/h8-11,16H,4-7,12-13H2,1-3H3. The summed E-state index contributed by atoms with van der Waals surface area (Å²) in [6.45, 7) is 5.78. The maximum Gasteiger partial charge on any atom is 0.183 e. The Balaban J connectivity index is 2.58. The zero-order valence-corrected chi connectivity index (χ0v) is 12.4. The lowest BCUT2D eigenvalue weighted by Crippen LogP contribution is -2.11. The number of ether oxygens (including phenoxy) is 3. The van der Waals surface area contributed by atoms with Crippen LogP contribution >= 0.6 is 0 Å². The Morgan fingerprint density at radius 3 is 1.84 bits per heavy atom. The highest BCUT2D eigenvalue weighted by Crippen LogP contribution is 2.22. The fourth-order valence-corrected chi connectivity index (χ4v) is 1.67. The van der Waals surface area contributed by atoms with E-state index in [1.54, 1.807) is 7.11 Å². The van der Waals surface area contributed by atoms with Gasteiger partial charge in [-0.15, -0.1) is 0 Å². The number of hydrogen-bond acceptors (Lipinski definition) is 3. The van der Waals surface area contributed by atoms with Crippen LogP contribution in [0.25, 0.3) is 0 Å². The number of hydrogen-bond donors (Lipinski definition) is 0. The first-order chi connectivity index (χ1) is 9.31. The molecule has 3 heteroatoms. The van der Waals surface area contributed by atoms with E-state index in [-0.39, 0.29) is 6.29 Å². The fourth-order valence-electron chi connectivity index (χ4n) is 1.67. The van der Waals surface area contributed by atoms with Crippen LogP contribution in [-0.2, 0) is 9.47 Å². The Hall–Kier alpha value is -1.06. The van der Waals surface area contributed by atoms with Gasteiger partial charge in [0.05, 0.1) is 20.3 Å². The molecule has 0 aliphatic rings. The highest BCUT2D eigenvalue weighted by molar-refractivity contribution is 5.27. The van der Waals surface area contributed by atoms with Gasteiger partial charge in [-0.25, -0.2) is 0 Å². The van der Waals surface area contributed by atoms with Crippen LogP contribution in [-0.4, -0.2) is 20.3 Å². The van der Waals surface area contributed by atoms with Gasteiger partial charge in [0.2, 0.25) is 0 Å². The van der Waals surface area contributed by atoms with E-state index < -0.39 is 0 Å². The van der Waals surface area contributed by atoms with Crippen molar-refractivity contribution < 1.29 is 14.2 Å². The highest BCUT2D eigenvalue weighted by atomic mass is 16.7. The van der Waals surface area contributed by atoms with E-state index >= 15 is 0 Å². The van der Waals surface area contributed by atoms with Crippen LogP contribution in [0.4, 0.5) is 0 Å². The molecule has 19 heavy (non-hydrogen) atoms. The van der Waals surface area contributed by atoms with Crippen LogP contribution in [0.3, 0.4) is 0 Å². The number of rotatable bonds is 10. The van der Waals surface area contributed by atoms with Gasteiger partial charge >= 0.3 is 0 Å². The largest absolute Gasteiger partial charge is 0.497 e. The summed E-state index contributed by atoms with van der Waals surface area (Å²) in [6.07, 6.45) is 4.12. The molecule has 0 atom stereocenters. The molecule has 0 heterocycles. The first-order valence-electron chi connectivity index (χ1n) is 7.19. The first kappa shape index (κ1) is 16.0. The normalized spacial score (nSPS) is 10.9. The second-order valence-corrected chi connectivity index (χ2v) is 4.55. The molecule has 0 radical (unpaired) electrons. The van der Waals surface area contributed by atoms with Crippen molar-refractivity contribution in [1.29, 1.82) is 0 Å². The summed E-state index contributed by atoms with van der Waals surface area (Å²) in [5, 5.41) is 0. The zero-order valence-electron chi connectivity index (χ0n) is 12.4. The van der Waals surface area contributed by atoms with Crippen LogP contribution in [0.15, 0.2) is 24.3 Å². The van der Waals surface area contributed by atoms with Gasteiger partial charge in [-0.05, 0) is 25.0 Å². The summed E-state index contributed by atoms with van der Waals surface area (Å²) in [5.74, 6) is 0.851. The topological polar surface area (TPSA) is 27.7 Å². The second-order valence-electron chi connectivity index (χ2n) is 4.55. The van der Waals surface area contributed by atoms with Gasteiger partial charge in [0.25, 0.3) is 0 Å². The predicted molar refractivity (Wildman–Crippen MR) is 77.5 cm³/mol. The third-order valence-electron chi connectivity index (χ3n) is 2.92. The van der Waals surface area contributed by atoms with E-state index in [0.717, 1.165) is 50.2 Å². The Bertz CT molecular complexity index is 311. The summed E-state index contributed by atoms with van der Waals surface area (Å²) in [4.78, 5) is 0. The fraction of sp³-hybridized carbons (Fsp3) is 0.625. The third-order valence-corrected chi connectivity index (χ3v) is 2.92. The summed E-state index contributed by atoms with van der Waals surface area (Å²) in [5.41, 5.74) is 1.05. The maximum atomic E-state index is 5.83. The average Bonchev–Trinajstić information content (AvgIpc) is 2.46. The zero-order chi connectivity index (χ0) is 13.9. The van der Waals surface area contributed by atoms with Crippen LogP contribution < -0.4 is 4.74 Å². The molecule has 3 nitrogen and oxygen atoms in total. The van der Waals surface area contributed by atoms with Crippen molar-refractivity contribution >= 4 is 0 Å². The monoisotopic (exact) mass is 266 g/mol. The molecule has 0 saturated carbocycles. The summed E-state index contributed by atoms with van der Waals surface area (Å²) in [7, 11) is 1.67. The molecule has 0 aromatic heterocycles. The number of benzene rings is 1. The van der Waals surface area contributed by atoms with Crippen molar-refractivity contribution in [2.24, 2.45) is 0 Å². The lowest BCUT2D eigenvalue weighted by atomic mass is 10.2. The molecule has 1 aromatic rings. The molecule has 0 unspecified atom stereocenters. The van der Waals surface area contributed by atoms with Crippen molar-refractivity contribution in [1.82, 2.24) is 0 Å². The van der Waals surface area contributed by atoms with Crippen LogP contribution in [0, 0.1) is 0 Å². The Kier molecular flexibility index (Phi) is 8.26. The lowest BCUT2D eigenvalue weighted by molar-refractivity contribution is -0.148. The smallest absolute Gasteiger partial charge is 0.183 e. The minimum absolute atomic E-state index is 0.260. The van der Waals surface area contributed by atoms with E-state index in [2.05, 4.69) is 13.8 Å². The molecule has 0 spiro atoms. The minimum atomic E-state index is -0.260. The van der Waals surface area contributed by atoms with Crippen molar-refractivity contribution in [3.8, 4) is 5.75 Å². The van der Waals surface area contributed by atoms with E-state index in [1.807, 2.05) is 24.3 Å². The molecule has 0 saturated heterocycles. The van der Waals surface area contributed by atoms with Crippen molar-refractivity contribution in [3.63, 3.8) is 0 Å². The van der Waals surface area contributed by atoms with Gasteiger partial charge in [-0.3, -0.25) is 0 Å². The molecule has 0 aliphatic carbocycles. The van der Waals surface area contributed by atoms with Gasteiger partial charge in [-0.1, -0.05) is 38.8 Å². The summed E-state index contributed by atoms with van der Waals surface area (Å²) >= 11 is 0. The molecular weight excluding hydrogens is 240 g/mol. The van der Waals surface area contributed by atoms with Crippen LogP contribution in [0.5, 0.6) is 5.75 Å². The number of methoxy groups -OCH3 is 1. The molecule has 1 aromatic carbocycles. The average molecular weight is 266 g/mol. The van der Waals surface area contributed by atoms with E-state index in [0.29, 0.717) is 0 Å². The third kappa shape index (κ3) is 6.08. The van der Waals surface area contributed by atoms with Gasteiger partial charge in [0.1, 0.15) is 5.75 Å². The van der Waals surface area contributed by atoms with E-state index in [1.165, 1.54) is 0 Å². The molecule has 1 rings (SSSR count). The van der Waals surface area contributed by atoms with E-state index in [4.69, 9.17) is 14.2 Å². The van der Waals surface area contributed by atoms with Crippen molar-refractivity contribution in [3.05, 3.63) is 29.8 Å². The molecule has 0 fully saturated rings. The van der Waals surface area contributed by atoms with Gasteiger partial charge in [-0.2, -0.15) is 0 Å². The second kappa shape index (κ2) is 9.82. The Morgan fingerprint density at radius 1 is 0.895 bits per heavy atom. The van der Waals surface area contributed by atoms with Crippen molar-refractivity contribution in [2.75, 3.05) is 20.3 Å². The maximum absolute atomic E-state index is 5.83. The molecule has 108 valence electrons. The van der Waals surface area contributed by atoms with Crippen molar-refractivity contribution in [2.45, 2.75) is 45.8 Å². The molecule has 0 bridgehead atoms. The Morgan fingerprint density at radius 2 is 1.42 bits per heavy atom. The highest BCUT2D eigenvalue weighted by Gasteiger charge is 2.12. The Labute approximate surface area is 116 Å².